The largest absolute Gasteiger partial charge is 0.396 e. The van der Waals surface area contributed by atoms with Gasteiger partial charge in [0.2, 0.25) is 0 Å². The van der Waals surface area contributed by atoms with Crippen molar-refractivity contribution in [1.29, 1.82) is 0 Å². The highest BCUT2D eigenvalue weighted by Crippen LogP contribution is 2.31. The molecule has 1 aromatic rings. The van der Waals surface area contributed by atoms with Gasteiger partial charge in [-0.05, 0) is 31.4 Å². The predicted molar refractivity (Wildman–Crippen MR) is 76.9 cm³/mol. The summed E-state index contributed by atoms with van der Waals surface area (Å²) in [5, 5.41) is 13.4. The van der Waals surface area contributed by atoms with Gasteiger partial charge in [0, 0.05) is 31.1 Å². The molecule has 19 heavy (non-hydrogen) atoms. The van der Waals surface area contributed by atoms with E-state index in [1.807, 2.05) is 0 Å². The molecular weight excluding hydrogens is 236 g/mol. The van der Waals surface area contributed by atoms with Crippen LogP contribution in [-0.4, -0.2) is 42.3 Å². The monoisotopic (exact) mass is 260 g/mol. The highest BCUT2D eigenvalue weighted by molar-refractivity contribution is 5.15. The van der Waals surface area contributed by atoms with Gasteiger partial charge in [0.25, 0.3) is 0 Å². The Morgan fingerprint density at radius 2 is 2.05 bits per heavy atom. The van der Waals surface area contributed by atoms with Gasteiger partial charge in [-0.3, -0.25) is 4.90 Å². The van der Waals surface area contributed by atoms with Gasteiger partial charge in [0.05, 0.1) is 6.61 Å². The summed E-state index contributed by atoms with van der Waals surface area (Å²) in [5.74, 6) is 0. The zero-order chi connectivity index (χ0) is 13.1. The number of aliphatic hydroxyl groups excluding tert-OH is 1. The molecule has 1 saturated heterocycles. The smallest absolute Gasteiger partial charge is 0.0512 e. The molecule has 1 heterocycles. The quantitative estimate of drug-likeness (QED) is 0.816. The van der Waals surface area contributed by atoms with Crippen LogP contribution >= 0.6 is 0 Å². The first-order valence-electron chi connectivity index (χ1n) is 7.40. The molecule has 0 aromatic heterocycles. The summed E-state index contributed by atoms with van der Waals surface area (Å²) < 4.78 is 0. The van der Waals surface area contributed by atoms with Crippen molar-refractivity contribution in [2.45, 2.75) is 31.8 Å². The Balaban J connectivity index is 1.55. The molecule has 1 aromatic carbocycles. The maximum absolute atomic E-state index is 9.77. The van der Waals surface area contributed by atoms with E-state index in [4.69, 9.17) is 0 Å². The summed E-state index contributed by atoms with van der Waals surface area (Å²) in [7, 11) is 0. The Kier molecular flexibility index (Phi) is 3.87. The van der Waals surface area contributed by atoms with Crippen molar-refractivity contribution in [3.63, 3.8) is 0 Å². The third-order valence-corrected chi connectivity index (χ3v) is 4.44. The van der Waals surface area contributed by atoms with Gasteiger partial charge in [-0.1, -0.05) is 30.3 Å². The van der Waals surface area contributed by atoms with E-state index in [1.54, 1.807) is 0 Å². The van der Waals surface area contributed by atoms with Gasteiger partial charge >= 0.3 is 0 Å². The molecule has 0 spiro atoms. The normalized spacial score (nSPS) is 27.8. The molecule has 1 aliphatic heterocycles. The number of aliphatic hydroxyl groups is 1. The van der Waals surface area contributed by atoms with Gasteiger partial charge in [-0.15, -0.1) is 0 Å². The summed E-state index contributed by atoms with van der Waals surface area (Å²) in [6, 6.07) is 11.3. The Morgan fingerprint density at radius 3 is 2.74 bits per heavy atom. The Labute approximate surface area is 115 Å². The predicted octanol–water partition coefficient (Wildman–Crippen LogP) is 1.62. The first-order valence-corrected chi connectivity index (χ1v) is 7.40. The van der Waals surface area contributed by atoms with Crippen molar-refractivity contribution in [3.05, 3.63) is 35.9 Å². The van der Waals surface area contributed by atoms with Crippen LogP contribution in [0.2, 0.25) is 0 Å². The number of hydrogen-bond acceptors (Lipinski definition) is 3. The second kappa shape index (κ2) is 5.61. The summed E-state index contributed by atoms with van der Waals surface area (Å²) in [6.45, 7) is 4.39. The maximum Gasteiger partial charge on any atom is 0.0512 e. The van der Waals surface area contributed by atoms with E-state index >= 15 is 0 Å². The Bertz CT molecular complexity index is 404. The lowest BCUT2D eigenvalue weighted by molar-refractivity contribution is 0.124. The molecule has 3 nitrogen and oxygen atoms in total. The second-order valence-corrected chi connectivity index (χ2v) is 6.26. The van der Waals surface area contributed by atoms with E-state index in [9.17, 15) is 5.11 Å². The molecule has 2 fully saturated rings. The fraction of sp³-hybridized carbons (Fsp3) is 0.625. The molecule has 3 heteroatoms. The minimum atomic E-state index is 0.0807. The van der Waals surface area contributed by atoms with Crippen LogP contribution in [0.3, 0.4) is 0 Å². The SMILES string of the molecule is OCC1(CNC2CC2)CCN(Cc2ccccc2)C1. The fourth-order valence-corrected chi connectivity index (χ4v) is 2.98. The number of rotatable bonds is 6. The van der Waals surface area contributed by atoms with Crippen LogP contribution in [-0.2, 0) is 6.54 Å². The highest BCUT2D eigenvalue weighted by atomic mass is 16.3. The summed E-state index contributed by atoms with van der Waals surface area (Å²) in [4.78, 5) is 2.47. The molecule has 3 rings (SSSR count). The molecule has 1 saturated carbocycles. The average molecular weight is 260 g/mol. The van der Waals surface area contributed by atoms with Crippen molar-refractivity contribution in [1.82, 2.24) is 10.2 Å². The fourth-order valence-electron chi connectivity index (χ4n) is 2.98. The Hall–Kier alpha value is -0.900. The van der Waals surface area contributed by atoms with Crippen LogP contribution in [0.15, 0.2) is 30.3 Å². The van der Waals surface area contributed by atoms with E-state index in [0.29, 0.717) is 6.61 Å². The first-order chi connectivity index (χ1) is 9.30. The van der Waals surface area contributed by atoms with Crippen LogP contribution in [0.4, 0.5) is 0 Å². The van der Waals surface area contributed by atoms with Gasteiger partial charge in [-0.25, -0.2) is 0 Å². The summed E-state index contributed by atoms with van der Waals surface area (Å²) in [5.41, 5.74) is 1.45. The van der Waals surface area contributed by atoms with Crippen LogP contribution in [0.5, 0.6) is 0 Å². The van der Waals surface area contributed by atoms with Crippen molar-refractivity contribution in [2.75, 3.05) is 26.2 Å². The molecule has 1 aliphatic carbocycles. The first kappa shape index (κ1) is 13.1. The Morgan fingerprint density at radius 1 is 1.26 bits per heavy atom. The van der Waals surface area contributed by atoms with E-state index < -0.39 is 0 Å². The van der Waals surface area contributed by atoms with Crippen LogP contribution in [0.1, 0.15) is 24.8 Å². The van der Waals surface area contributed by atoms with Gasteiger partial charge in [-0.2, -0.15) is 0 Å². The minimum Gasteiger partial charge on any atom is -0.396 e. The third kappa shape index (κ3) is 3.35. The molecule has 1 unspecified atom stereocenters. The van der Waals surface area contributed by atoms with Crippen molar-refractivity contribution in [3.8, 4) is 0 Å². The standard InChI is InChI=1S/C16H24N2O/c19-13-16(11-17-15-6-7-15)8-9-18(12-16)10-14-4-2-1-3-5-14/h1-5,15,17,19H,6-13H2. The van der Waals surface area contributed by atoms with Crippen LogP contribution in [0, 0.1) is 5.41 Å². The number of benzene rings is 1. The number of hydrogen-bond donors (Lipinski definition) is 2. The lowest BCUT2D eigenvalue weighted by atomic mass is 9.88. The molecule has 0 radical (unpaired) electrons. The molecule has 2 aliphatic rings. The van der Waals surface area contributed by atoms with E-state index in [0.717, 1.165) is 38.6 Å². The highest BCUT2D eigenvalue weighted by Gasteiger charge is 2.38. The molecule has 104 valence electrons. The molecule has 0 bridgehead atoms. The number of nitrogens with one attached hydrogen (secondary N) is 1. The summed E-state index contributed by atoms with van der Waals surface area (Å²) >= 11 is 0. The second-order valence-electron chi connectivity index (χ2n) is 6.26. The molecule has 0 amide bonds. The van der Waals surface area contributed by atoms with Crippen molar-refractivity contribution >= 4 is 0 Å². The zero-order valence-electron chi connectivity index (χ0n) is 11.5. The average Bonchev–Trinajstić information content (AvgIpc) is 3.20. The van der Waals surface area contributed by atoms with Gasteiger partial charge in [0.1, 0.15) is 0 Å². The van der Waals surface area contributed by atoms with Crippen molar-refractivity contribution in [2.24, 2.45) is 5.41 Å². The number of likely N-dealkylation sites (tertiary alicyclic amines) is 1. The summed E-state index contributed by atoms with van der Waals surface area (Å²) in [6.07, 6.45) is 3.74. The van der Waals surface area contributed by atoms with Crippen molar-refractivity contribution < 1.29 is 5.11 Å². The van der Waals surface area contributed by atoms with Crippen LogP contribution in [0.25, 0.3) is 0 Å². The minimum absolute atomic E-state index is 0.0807. The lowest BCUT2D eigenvalue weighted by Crippen LogP contribution is -2.40. The maximum atomic E-state index is 9.77. The third-order valence-electron chi connectivity index (χ3n) is 4.44. The number of nitrogens with zero attached hydrogens (tertiary/aromatic N) is 1. The lowest BCUT2D eigenvalue weighted by Gasteiger charge is -2.27. The molecule has 1 atom stereocenters. The van der Waals surface area contributed by atoms with Gasteiger partial charge < -0.3 is 10.4 Å². The molecule has 2 N–H and O–H groups in total. The van der Waals surface area contributed by atoms with E-state index in [2.05, 4.69) is 40.5 Å². The van der Waals surface area contributed by atoms with Crippen LogP contribution < -0.4 is 5.32 Å². The molecular formula is C16H24N2O. The van der Waals surface area contributed by atoms with E-state index in [1.165, 1.54) is 18.4 Å². The topological polar surface area (TPSA) is 35.5 Å². The van der Waals surface area contributed by atoms with Gasteiger partial charge in [0.15, 0.2) is 0 Å². The zero-order valence-corrected chi connectivity index (χ0v) is 11.5. The van der Waals surface area contributed by atoms with E-state index in [-0.39, 0.29) is 5.41 Å².